The average Bonchev–Trinajstić information content (AvgIpc) is 2.65. The van der Waals surface area contributed by atoms with Gasteiger partial charge in [0.2, 0.25) is 0 Å². The average molecular weight is 345 g/mol. The maximum absolute atomic E-state index is 12.0. The molecule has 2 aromatic carbocycles. The highest BCUT2D eigenvalue weighted by molar-refractivity contribution is 5.95. The van der Waals surface area contributed by atoms with Gasteiger partial charge in [-0.15, -0.1) is 0 Å². The molecule has 0 radical (unpaired) electrons. The molecule has 0 aliphatic heterocycles. The molecule has 25 heavy (non-hydrogen) atoms. The van der Waals surface area contributed by atoms with Crippen LogP contribution in [-0.2, 0) is 9.53 Å². The Morgan fingerprint density at radius 2 is 1.40 bits per heavy atom. The predicted octanol–water partition coefficient (Wildman–Crippen LogP) is 2.51. The molecule has 0 heterocycles. The first-order valence-electron chi connectivity index (χ1n) is 7.40. The Morgan fingerprint density at radius 3 is 1.92 bits per heavy atom. The molecule has 0 atom stereocenters. The highest BCUT2D eigenvalue weighted by Gasteiger charge is 2.11. The molecule has 0 spiro atoms. The molecule has 7 heteroatoms. The number of carbonyl (C=O) groups excluding carboxylic acids is 2. The molecule has 0 bridgehead atoms. The van der Waals surface area contributed by atoms with Crippen molar-refractivity contribution in [1.29, 1.82) is 0 Å². The molecular weight excluding hydrogens is 326 g/mol. The second-order valence-corrected chi connectivity index (χ2v) is 4.95. The Hall–Kier alpha value is -3.22. The summed E-state index contributed by atoms with van der Waals surface area (Å²) >= 11 is 0. The van der Waals surface area contributed by atoms with Crippen molar-refractivity contribution in [2.24, 2.45) is 0 Å². The van der Waals surface area contributed by atoms with Gasteiger partial charge in [0, 0.05) is 23.9 Å². The second-order valence-electron chi connectivity index (χ2n) is 4.95. The molecule has 0 unspecified atom stereocenters. The lowest BCUT2D eigenvalue weighted by Gasteiger charge is -2.10. The first-order valence-corrected chi connectivity index (χ1v) is 7.40. The van der Waals surface area contributed by atoms with Gasteiger partial charge in [0.15, 0.2) is 6.61 Å². The number of esters is 1. The lowest BCUT2D eigenvalue weighted by Crippen LogP contribution is -2.21. The lowest BCUT2D eigenvalue weighted by atomic mass is 10.2. The Balaban J connectivity index is 1.92. The van der Waals surface area contributed by atoms with Crippen LogP contribution in [0.5, 0.6) is 17.2 Å². The van der Waals surface area contributed by atoms with Gasteiger partial charge in [-0.25, -0.2) is 4.79 Å². The zero-order chi connectivity index (χ0) is 18.2. The normalized spacial score (nSPS) is 9.88. The third-order valence-electron chi connectivity index (χ3n) is 3.30. The molecule has 2 rings (SSSR count). The molecule has 2 aromatic rings. The summed E-state index contributed by atoms with van der Waals surface area (Å²) in [6.45, 7) is -0.412. The predicted molar refractivity (Wildman–Crippen MR) is 91.5 cm³/mol. The minimum atomic E-state index is -0.596. The van der Waals surface area contributed by atoms with Crippen LogP contribution in [0.1, 0.15) is 10.4 Å². The minimum Gasteiger partial charge on any atom is -0.497 e. The van der Waals surface area contributed by atoms with Crippen LogP contribution in [0.4, 0.5) is 5.69 Å². The Morgan fingerprint density at radius 1 is 0.840 bits per heavy atom. The number of hydrogen-bond donors (Lipinski definition) is 1. The van der Waals surface area contributed by atoms with Gasteiger partial charge in [0.25, 0.3) is 5.91 Å². The van der Waals surface area contributed by atoms with E-state index < -0.39 is 18.5 Å². The molecule has 0 saturated heterocycles. The summed E-state index contributed by atoms with van der Waals surface area (Å²) in [5.74, 6) is 0.620. The number of nitrogens with one attached hydrogen (secondary N) is 1. The monoisotopic (exact) mass is 345 g/mol. The number of ether oxygens (including phenoxy) is 4. The van der Waals surface area contributed by atoms with E-state index in [0.717, 1.165) is 0 Å². The molecule has 0 fully saturated rings. The quantitative estimate of drug-likeness (QED) is 0.777. The topological polar surface area (TPSA) is 83.1 Å². The maximum Gasteiger partial charge on any atom is 0.338 e. The van der Waals surface area contributed by atoms with Crippen LogP contribution in [0.15, 0.2) is 42.5 Å². The van der Waals surface area contributed by atoms with Gasteiger partial charge < -0.3 is 24.3 Å². The van der Waals surface area contributed by atoms with Crippen LogP contribution in [0.2, 0.25) is 0 Å². The van der Waals surface area contributed by atoms with Crippen LogP contribution in [-0.4, -0.2) is 39.8 Å². The van der Waals surface area contributed by atoms with Crippen LogP contribution in [0, 0.1) is 0 Å². The van der Waals surface area contributed by atoms with E-state index in [2.05, 4.69) is 5.32 Å². The van der Waals surface area contributed by atoms with Crippen molar-refractivity contribution in [3.63, 3.8) is 0 Å². The standard InChI is InChI=1S/C18H19NO6/c1-22-14-6-4-12(5-7-14)18(21)25-11-17(20)19-13-8-15(23-2)10-16(9-13)24-3/h4-10H,11H2,1-3H3,(H,19,20). The van der Waals surface area contributed by atoms with Crippen LogP contribution in [0.25, 0.3) is 0 Å². The number of benzene rings is 2. The van der Waals surface area contributed by atoms with E-state index >= 15 is 0 Å². The summed E-state index contributed by atoms with van der Waals surface area (Å²) < 4.78 is 20.3. The molecule has 0 saturated carbocycles. The van der Waals surface area contributed by atoms with E-state index in [1.165, 1.54) is 21.3 Å². The highest BCUT2D eigenvalue weighted by atomic mass is 16.5. The van der Waals surface area contributed by atoms with Gasteiger partial charge in [-0.1, -0.05) is 0 Å². The van der Waals surface area contributed by atoms with E-state index in [1.54, 1.807) is 42.5 Å². The van der Waals surface area contributed by atoms with Crippen molar-refractivity contribution < 1.29 is 28.5 Å². The van der Waals surface area contributed by atoms with Gasteiger partial charge in [-0.05, 0) is 24.3 Å². The SMILES string of the molecule is COc1ccc(C(=O)OCC(=O)Nc2cc(OC)cc(OC)c2)cc1. The molecule has 0 aliphatic carbocycles. The fraction of sp³-hybridized carbons (Fsp3) is 0.222. The van der Waals surface area contributed by atoms with E-state index in [4.69, 9.17) is 18.9 Å². The largest absolute Gasteiger partial charge is 0.497 e. The van der Waals surface area contributed by atoms with Gasteiger partial charge in [-0.2, -0.15) is 0 Å². The number of rotatable bonds is 7. The van der Waals surface area contributed by atoms with Gasteiger partial charge in [0.05, 0.1) is 26.9 Å². The summed E-state index contributed by atoms with van der Waals surface area (Å²) in [5.41, 5.74) is 0.804. The number of methoxy groups -OCH3 is 3. The molecule has 1 amide bonds. The zero-order valence-corrected chi connectivity index (χ0v) is 14.2. The summed E-state index contributed by atoms with van der Waals surface area (Å²) in [5, 5.41) is 2.62. The smallest absolute Gasteiger partial charge is 0.338 e. The second kappa shape index (κ2) is 8.58. The van der Waals surface area contributed by atoms with Crippen molar-refractivity contribution in [2.45, 2.75) is 0 Å². The Labute approximate surface area is 145 Å². The van der Waals surface area contributed by atoms with Crippen molar-refractivity contribution in [3.05, 3.63) is 48.0 Å². The highest BCUT2D eigenvalue weighted by Crippen LogP contribution is 2.25. The summed E-state index contributed by atoms with van der Waals surface area (Å²) in [7, 11) is 4.55. The Bertz CT molecular complexity index is 719. The summed E-state index contributed by atoms with van der Waals surface area (Å²) in [6, 6.07) is 11.3. The Kier molecular flexibility index (Phi) is 6.22. The fourth-order valence-corrected chi connectivity index (χ4v) is 2.02. The number of amides is 1. The molecule has 0 aromatic heterocycles. The number of hydrogen-bond acceptors (Lipinski definition) is 6. The van der Waals surface area contributed by atoms with Crippen LogP contribution in [0.3, 0.4) is 0 Å². The molecule has 0 aliphatic rings. The number of carbonyl (C=O) groups is 2. The van der Waals surface area contributed by atoms with Gasteiger partial charge >= 0.3 is 5.97 Å². The maximum atomic E-state index is 12.0. The van der Waals surface area contributed by atoms with Gasteiger partial charge in [0.1, 0.15) is 17.2 Å². The van der Waals surface area contributed by atoms with Crippen molar-refractivity contribution in [3.8, 4) is 17.2 Å². The van der Waals surface area contributed by atoms with Crippen LogP contribution >= 0.6 is 0 Å². The fourth-order valence-electron chi connectivity index (χ4n) is 2.02. The van der Waals surface area contributed by atoms with E-state index in [-0.39, 0.29) is 0 Å². The zero-order valence-electron chi connectivity index (χ0n) is 14.2. The summed E-state index contributed by atoms with van der Waals surface area (Å²) in [4.78, 5) is 23.9. The molecular formula is C18H19NO6. The first kappa shape index (κ1) is 18.1. The molecule has 7 nitrogen and oxygen atoms in total. The molecule has 1 N–H and O–H groups in total. The van der Waals surface area contributed by atoms with Crippen molar-refractivity contribution >= 4 is 17.6 Å². The minimum absolute atomic E-state index is 0.330. The van der Waals surface area contributed by atoms with Crippen molar-refractivity contribution in [2.75, 3.05) is 33.3 Å². The first-order chi connectivity index (χ1) is 12.0. The van der Waals surface area contributed by atoms with E-state index in [0.29, 0.717) is 28.5 Å². The van der Waals surface area contributed by atoms with E-state index in [1.807, 2.05) is 0 Å². The van der Waals surface area contributed by atoms with E-state index in [9.17, 15) is 9.59 Å². The van der Waals surface area contributed by atoms with Crippen molar-refractivity contribution in [1.82, 2.24) is 0 Å². The third-order valence-corrected chi connectivity index (χ3v) is 3.30. The van der Waals surface area contributed by atoms with Crippen LogP contribution < -0.4 is 19.5 Å². The molecule has 132 valence electrons. The summed E-state index contributed by atoms with van der Waals surface area (Å²) in [6.07, 6.45) is 0. The number of anilines is 1. The third kappa shape index (κ3) is 5.13. The van der Waals surface area contributed by atoms with Gasteiger partial charge in [-0.3, -0.25) is 4.79 Å². The lowest BCUT2D eigenvalue weighted by molar-refractivity contribution is -0.119.